The molecule has 0 N–H and O–H groups in total. The van der Waals surface area contributed by atoms with E-state index in [4.69, 9.17) is 4.74 Å². The third-order valence-electron chi connectivity index (χ3n) is 9.60. The molecule has 1 aliphatic heterocycles. The Morgan fingerprint density at radius 2 is 1.11 bits per heavy atom. The molecule has 0 bridgehead atoms. The Kier molecular flexibility index (Phi) is 5.31. The van der Waals surface area contributed by atoms with Crippen LogP contribution in [0.4, 0.5) is 0 Å². The van der Waals surface area contributed by atoms with Gasteiger partial charge in [-0.1, -0.05) is 133 Å². The molecular weight excluding hydrogens is 558 g/mol. The normalized spacial score (nSPS) is 12.1. The van der Waals surface area contributed by atoms with E-state index in [1.165, 1.54) is 71.2 Å². The van der Waals surface area contributed by atoms with E-state index in [2.05, 4.69) is 156 Å². The first-order valence-corrected chi connectivity index (χ1v) is 15.8. The Morgan fingerprint density at radius 3 is 2.02 bits per heavy atom. The van der Waals surface area contributed by atoms with Crippen LogP contribution >= 0.6 is 0 Å². The van der Waals surface area contributed by atoms with Crippen LogP contribution in [0, 0.1) is 0 Å². The summed E-state index contributed by atoms with van der Waals surface area (Å²) in [5.74, 6) is 1.82. The molecule has 9 aromatic rings. The zero-order chi connectivity index (χ0) is 30.2. The highest BCUT2D eigenvalue weighted by Crippen LogP contribution is 2.49. The summed E-state index contributed by atoms with van der Waals surface area (Å²) in [5.41, 5.74) is 10.8. The topological polar surface area (TPSA) is 14.2 Å². The van der Waals surface area contributed by atoms with E-state index in [9.17, 15) is 0 Å². The van der Waals surface area contributed by atoms with E-state index >= 15 is 0 Å². The van der Waals surface area contributed by atoms with E-state index in [1.807, 2.05) is 12.1 Å². The Hall–Kier alpha value is -6.12. The van der Waals surface area contributed by atoms with Gasteiger partial charge in [0.15, 0.2) is 0 Å². The molecule has 0 radical (unpaired) electrons. The third kappa shape index (κ3) is 3.59. The van der Waals surface area contributed by atoms with E-state index in [0.29, 0.717) is 0 Å². The van der Waals surface area contributed by atoms with E-state index < -0.39 is 0 Å². The van der Waals surface area contributed by atoms with Crippen molar-refractivity contribution >= 4 is 43.4 Å². The first-order chi connectivity index (χ1) is 22.8. The maximum absolute atomic E-state index is 6.42. The standard InChI is InChI=1S/C44H27NO/c1-2-12-30(13-3-1)45-40-27-29(22-23-35(40)39-24-21-28-11-4-5-15-32(28)44(39)45)31-14-6-7-16-33(31)34-25-26-42-43-37(34)18-10-19-38(43)36-17-8-9-20-41(36)46-42/h1-27H. The molecule has 0 fully saturated rings. The molecule has 8 aromatic carbocycles. The maximum Gasteiger partial charge on any atom is 0.135 e. The second-order valence-electron chi connectivity index (χ2n) is 12.1. The van der Waals surface area contributed by atoms with Crippen molar-refractivity contribution in [3.63, 3.8) is 0 Å². The molecule has 2 heterocycles. The first-order valence-electron chi connectivity index (χ1n) is 15.8. The van der Waals surface area contributed by atoms with Gasteiger partial charge in [-0.3, -0.25) is 0 Å². The minimum absolute atomic E-state index is 0.908. The van der Waals surface area contributed by atoms with Crippen LogP contribution in [0.2, 0.25) is 0 Å². The highest BCUT2D eigenvalue weighted by atomic mass is 16.5. The Morgan fingerprint density at radius 1 is 0.391 bits per heavy atom. The smallest absolute Gasteiger partial charge is 0.135 e. The average molecular weight is 586 g/mol. The third-order valence-corrected chi connectivity index (χ3v) is 9.60. The molecule has 0 unspecified atom stereocenters. The van der Waals surface area contributed by atoms with Gasteiger partial charge in [0.05, 0.1) is 11.0 Å². The molecule has 46 heavy (non-hydrogen) atoms. The summed E-state index contributed by atoms with van der Waals surface area (Å²) in [6.45, 7) is 0. The summed E-state index contributed by atoms with van der Waals surface area (Å²) in [6, 6.07) is 59.0. The Labute approximate surface area is 266 Å². The molecule has 0 atom stereocenters. The molecule has 10 rings (SSSR count). The van der Waals surface area contributed by atoms with Crippen molar-refractivity contribution in [2.75, 3.05) is 0 Å². The SMILES string of the molecule is c1ccc(-n2c3cc(-c4ccccc4-c4ccc5c6c(cccc46)-c4ccccc4O5)ccc3c3ccc4ccccc4c32)cc1. The molecule has 214 valence electrons. The molecule has 1 aromatic heterocycles. The number of rotatable bonds is 3. The van der Waals surface area contributed by atoms with Gasteiger partial charge in [-0.2, -0.15) is 0 Å². The maximum atomic E-state index is 6.42. The van der Waals surface area contributed by atoms with Crippen LogP contribution in [-0.4, -0.2) is 4.57 Å². The Balaban J connectivity index is 1.23. The van der Waals surface area contributed by atoms with Gasteiger partial charge in [-0.05, 0) is 68.9 Å². The van der Waals surface area contributed by atoms with Gasteiger partial charge in [0, 0.05) is 32.8 Å². The zero-order valence-corrected chi connectivity index (χ0v) is 24.9. The fourth-order valence-electron chi connectivity index (χ4n) is 7.58. The van der Waals surface area contributed by atoms with Crippen LogP contribution < -0.4 is 4.74 Å². The number of ether oxygens (including phenoxy) is 1. The van der Waals surface area contributed by atoms with Crippen molar-refractivity contribution in [3.05, 3.63) is 164 Å². The van der Waals surface area contributed by atoms with Gasteiger partial charge >= 0.3 is 0 Å². The molecule has 1 aliphatic rings. The number of aromatic nitrogens is 1. The largest absolute Gasteiger partial charge is 0.456 e. The van der Waals surface area contributed by atoms with Gasteiger partial charge in [0.2, 0.25) is 0 Å². The molecular formula is C44H27NO. The summed E-state index contributed by atoms with van der Waals surface area (Å²) in [7, 11) is 0. The van der Waals surface area contributed by atoms with Gasteiger partial charge in [0.25, 0.3) is 0 Å². The van der Waals surface area contributed by atoms with Gasteiger partial charge < -0.3 is 9.30 Å². The molecule has 2 nitrogen and oxygen atoms in total. The average Bonchev–Trinajstić information content (AvgIpc) is 3.46. The number of nitrogens with zero attached hydrogens (tertiary/aromatic N) is 1. The van der Waals surface area contributed by atoms with E-state index in [-0.39, 0.29) is 0 Å². The summed E-state index contributed by atoms with van der Waals surface area (Å²) in [5, 5.41) is 7.39. The number of para-hydroxylation sites is 2. The molecule has 0 saturated heterocycles. The molecule has 0 amide bonds. The van der Waals surface area contributed by atoms with Crippen LogP contribution in [0.1, 0.15) is 0 Å². The molecule has 0 aliphatic carbocycles. The van der Waals surface area contributed by atoms with E-state index in [1.54, 1.807) is 0 Å². The highest BCUT2D eigenvalue weighted by molar-refractivity contribution is 6.19. The lowest BCUT2D eigenvalue weighted by Gasteiger charge is -2.23. The lowest BCUT2D eigenvalue weighted by atomic mass is 9.88. The van der Waals surface area contributed by atoms with Crippen LogP contribution in [0.15, 0.2) is 164 Å². The monoisotopic (exact) mass is 585 g/mol. The van der Waals surface area contributed by atoms with Crippen LogP contribution in [0.25, 0.3) is 82.4 Å². The predicted octanol–water partition coefficient (Wildman–Crippen LogP) is 12.2. The Bertz CT molecular complexity index is 2660. The van der Waals surface area contributed by atoms with Crippen molar-refractivity contribution in [1.29, 1.82) is 0 Å². The summed E-state index contributed by atoms with van der Waals surface area (Å²) >= 11 is 0. The first kappa shape index (κ1) is 25.2. The van der Waals surface area contributed by atoms with Crippen LogP contribution in [0.5, 0.6) is 11.5 Å². The number of hydrogen-bond donors (Lipinski definition) is 0. The van der Waals surface area contributed by atoms with Crippen molar-refractivity contribution in [2.45, 2.75) is 0 Å². The van der Waals surface area contributed by atoms with Crippen molar-refractivity contribution in [2.24, 2.45) is 0 Å². The van der Waals surface area contributed by atoms with Crippen LogP contribution in [-0.2, 0) is 0 Å². The molecule has 0 saturated carbocycles. The van der Waals surface area contributed by atoms with Crippen molar-refractivity contribution < 1.29 is 4.74 Å². The highest BCUT2D eigenvalue weighted by Gasteiger charge is 2.22. The van der Waals surface area contributed by atoms with Gasteiger partial charge in [0.1, 0.15) is 11.5 Å². The van der Waals surface area contributed by atoms with Crippen molar-refractivity contribution in [1.82, 2.24) is 4.57 Å². The second kappa shape index (κ2) is 9.69. The summed E-state index contributed by atoms with van der Waals surface area (Å²) in [4.78, 5) is 0. The second-order valence-corrected chi connectivity index (χ2v) is 12.1. The quantitative estimate of drug-likeness (QED) is 0.201. The minimum Gasteiger partial charge on any atom is -0.456 e. The van der Waals surface area contributed by atoms with Gasteiger partial charge in [-0.15, -0.1) is 0 Å². The zero-order valence-electron chi connectivity index (χ0n) is 24.9. The molecule has 0 spiro atoms. The summed E-state index contributed by atoms with van der Waals surface area (Å²) < 4.78 is 8.86. The molecule has 2 heteroatoms. The predicted molar refractivity (Wildman–Crippen MR) is 192 cm³/mol. The van der Waals surface area contributed by atoms with Crippen LogP contribution in [0.3, 0.4) is 0 Å². The fourth-order valence-corrected chi connectivity index (χ4v) is 7.58. The van der Waals surface area contributed by atoms with E-state index in [0.717, 1.165) is 22.7 Å². The summed E-state index contributed by atoms with van der Waals surface area (Å²) in [6.07, 6.45) is 0. The van der Waals surface area contributed by atoms with Crippen molar-refractivity contribution in [3.8, 4) is 50.6 Å². The lowest BCUT2D eigenvalue weighted by Crippen LogP contribution is -1.98. The fraction of sp³-hybridized carbons (Fsp3) is 0. The number of fused-ring (bicyclic) bond motifs is 7. The lowest BCUT2D eigenvalue weighted by molar-refractivity contribution is 0.487. The van der Waals surface area contributed by atoms with Gasteiger partial charge in [-0.25, -0.2) is 0 Å². The number of hydrogen-bond acceptors (Lipinski definition) is 1. The minimum atomic E-state index is 0.908. The number of benzene rings is 8.